The lowest BCUT2D eigenvalue weighted by atomic mass is 10.0. The second-order valence-electron chi connectivity index (χ2n) is 6.78. The van der Waals surface area contributed by atoms with Gasteiger partial charge in [0.05, 0.1) is 24.5 Å². The van der Waals surface area contributed by atoms with Crippen LogP contribution < -0.4 is 4.90 Å². The molecule has 1 aromatic rings. The predicted molar refractivity (Wildman–Crippen MR) is 87.4 cm³/mol. The van der Waals surface area contributed by atoms with Gasteiger partial charge in [-0.3, -0.25) is 4.90 Å². The van der Waals surface area contributed by atoms with Crippen LogP contribution in [0.1, 0.15) is 16.8 Å². The first kappa shape index (κ1) is 14.9. The van der Waals surface area contributed by atoms with Crippen LogP contribution in [0.3, 0.4) is 0 Å². The molecule has 0 amide bonds. The molecule has 0 spiro atoms. The van der Waals surface area contributed by atoms with E-state index >= 15 is 0 Å². The van der Waals surface area contributed by atoms with Crippen molar-refractivity contribution in [3.05, 3.63) is 22.9 Å². The van der Waals surface area contributed by atoms with Crippen molar-refractivity contribution in [2.45, 2.75) is 19.1 Å². The lowest BCUT2D eigenvalue weighted by molar-refractivity contribution is 0.0957. The number of hydrogen-bond donors (Lipinski definition) is 0. The average molecular weight is 313 g/mol. The molecule has 4 rings (SSSR count). The fourth-order valence-corrected chi connectivity index (χ4v) is 3.64. The van der Waals surface area contributed by atoms with Crippen molar-refractivity contribution in [3.63, 3.8) is 0 Å². The Balaban J connectivity index is 1.46. The maximum atomic E-state index is 9.46. The highest BCUT2D eigenvalue weighted by Crippen LogP contribution is 2.29. The summed E-state index contributed by atoms with van der Waals surface area (Å²) < 4.78 is 5.47. The first-order chi connectivity index (χ1) is 11.2. The van der Waals surface area contributed by atoms with Gasteiger partial charge in [-0.25, -0.2) is 4.98 Å². The van der Waals surface area contributed by atoms with Crippen molar-refractivity contribution in [2.75, 3.05) is 57.8 Å². The number of likely N-dealkylation sites (N-methyl/N-ethyl adjacent to an activating group) is 1. The Labute approximate surface area is 137 Å². The zero-order valence-electron chi connectivity index (χ0n) is 13.7. The maximum Gasteiger partial charge on any atom is 0.146 e. The van der Waals surface area contributed by atoms with Crippen molar-refractivity contribution < 1.29 is 4.74 Å². The number of nitrogens with zero attached hydrogens (tertiary/aromatic N) is 5. The molecule has 4 heterocycles. The number of nitriles is 1. The van der Waals surface area contributed by atoms with E-state index in [0.717, 1.165) is 69.4 Å². The Morgan fingerprint density at radius 1 is 1.26 bits per heavy atom. The first-order valence-electron chi connectivity index (χ1n) is 8.43. The van der Waals surface area contributed by atoms with Crippen molar-refractivity contribution in [3.8, 4) is 6.07 Å². The molecule has 2 fully saturated rings. The van der Waals surface area contributed by atoms with Crippen LogP contribution in [0.5, 0.6) is 0 Å². The van der Waals surface area contributed by atoms with Gasteiger partial charge in [0.2, 0.25) is 0 Å². The van der Waals surface area contributed by atoms with E-state index in [2.05, 4.69) is 27.8 Å². The molecule has 0 atom stereocenters. The van der Waals surface area contributed by atoms with Crippen LogP contribution in [-0.2, 0) is 17.8 Å². The number of ether oxygens (including phenoxy) is 1. The smallest absolute Gasteiger partial charge is 0.146 e. The van der Waals surface area contributed by atoms with Gasteiger partial charge in [0, 0.05) is 57.3 Å². The maximum absolute atomic E-state index is 9.46. The SMILES string of the molecule is CN1CCN(C2CN(c3nc4c(cc3C#N)COCC4)C2)CC1. The molecule has 23 heavy (non-hydrogen) atoms. The number of pyridine rings is 1. The molecule has 2 saturated heterocycles. The van der Waals surface area contributed by atoms with Gasteiger partial charge in [-0.05, 0) is 13.1 Å². The van der Waals surface area contributed by atoms with E-state index in [4.69, 9.17) is 9.72 Å². The summed E-state index contributed by atoms with van der Waals surface area (Å²) in [5, 5.41) is 9.46. The summed E-state index contributed by atoms with van der Waals surface area (Å²) in [5.74, 6) is 0.874. The highest BCUT2D eigenvalue weighted by Gasteiger charge is 2.35. The molecular weight excluding hydrogens is 290 g/mol. The van der Waals surface area contributed by atoms with Gasteiger partial charge in [-0.2, -0.15) is 5.26 Å². The van der Waals surface area contributed by atoms with Gasteiger partial charge in [-0.1, -0.05) is 0 Å². The lowest BCUT2D eigenvalue weighted by Gasteiger charge is -2.48. The van der Waals surface area contributed by atoms with Gasteiger partial charge >= 0.3 is 0 Å². The lowest BCUT2D eigenvalue weighted by Crippen LogP contribution is -2.63. The molecule has 0 aliphatic carbocycles. The summed E-state index contributed by atoms with van der Waals surface area (Å²) in [6.07, 6.45) is 0.851. The van der Waals surface area contributed by atoms with Crippen molar-refractivity contribution in [1.82, 2.24) is 14.8 Å². The summed E-state index contributed by atoms with van der Waals surface area (Å²) in [6, 6.07) is 4.90. The highest BCUT2D eigenvalue weighted by molar-refractivity contribution is 5.58. The van der Waals surface area contributed by atoms with E-state index < -0.39 is 0 Å². The minimum Gasteiger partial charge on any atom is -0.376 e. The summed E-state index contributed by atoms with van der Waals surface area (Å²) in [7, 11) is 2.18. The quantitative estimate of drug-likeness (QED) is 0.791. The fourth-order valence-electron chi connectivity index (χ4n) is 3.64. The Kier molecular flexibility index (Phi) is 3.93. The van der Waals surface area contributed by atoms with Crippen LogP contribution in [-0.4, -0.2) is 73.7 Å². The minimum atomic E-state index is 0.585. The molecule has 0 N–H and O–H groups in total. The molecule has 6 nitrogen and oxygen atoms in total. The van der Waals surface area contributed by atoms with Crippen LogP contribution in [0.2, 0.25) is 0 Å². The third kappa shape index (κ3) is 2.80. The van der Waals surface area contributed by atoms with Gasteiger partial charge in [-0.15, -0.1) is 0 Å². The summed E-state index contributed by atoms with van der Waals surface area (Å²) in [4.78, 5) is 12.0. The van der Waals surface area contributed by atoms with Crippen LogP contribution in [0, 0.1) is 11.3 Å². The topological polar surface area (TPSA) is 55.6 Å². The molecule has 3 aliphatic rings. The van der Waals surface area contributed by atoms with Crippen LogP contribution in [0.25, 0.3) is 0 Å². The zero-order valence-corrected chi connectivity index (χ0v) is 13.7. The van der Waals surface area contributed by atoms with Gasteiger partial charge in [0.15, 0.2) is 0 Å². The van der Waals surface area contributed by atoms with E-state index in [-0.39, 0.29) is 0 Å². The Morgan fingerprint density at radius 2 is 2.04 bits per heavy atom. The number of piperazine rings is 1. The van der Waals surface area contributed by atoms with Crippen molar-refractivity contribution in [2.24, 2.45) is 0 Å². The molecule has 122 valence electrons. The van der Waals surface area contributed by atoms with Crippen LogP contribution >= 0.6 is 0 Å². The molecule has 0 saturated carbocycles. The highest BCUT2D eigenvalue weighted by atomic mass is 16.5. The second kappa shape index (κ2) is 6.08. The molecule has 3 aliphatic heterocycles. The van der Waals surface area contributed by atoms with Gasteiger partial charge in [0.1, 0.15) is 11.9 Å². The molecule has 6 heteroatoms. The second-order valence-corrected chi connectivity index (χ2v) is 6.78. The minimum absolute atomic E-state index is 0.585. The standard InChI is InChI=1S/C17H23N5O/c1-20-3-5-21(6-4-20)15-10-22(11-15)17-13(9-18)8-14-12-23-7-2-16(14)19-17/h8,15H,2-7,10-12H2,1H3. The average Bonchev–Trinajstić information content (AvgIpc) is 2.54. The largest absolute Gasteiger partial charge is 0.376 e. The zero-order chi connectivity index (χ0) is 15.8. The van der Waals surface area contributed by atoms with Gasteiger partial charge in [0.25, 0.3) is 0 Å². The summed E-state index contributed by atoms with van der Waals surface area (Å²) >= 11 is 0. The fraction of sp³-hybridized carbons (Fsp3) is 0.647. The molecule has 0 aromatic carbocycles. The van der Waals surface area contributed by atoms with E-state index in [9.17, 15) is 5.26 Å². The van der Waals surface area contributed by atoms with Crippen LogP contribution in [0.15, 0.2) is 6.07 Å². The van der Waals surface area contributed by atoms with E-state index in [1.54, 1.807) is 0 Å². The van der Waals surface area contributed by atoms with Crippen molar-refractivity contribution in [1.29, 1.82) is 5.26 Å². The normalized spacial score (nSPS) is 23.2. The molecular formula is C17H23N5O. The number of aromatic nitrogens is 1. The van der Waals surface area contributed by atoms with E-state index in [0.29, 0.717) is 18.2 Å². The summed E-state index contributed by atoms with van der Waals surface area (Å²) in [5.41, 5.74) is 2.87. The molecule has 0 bridgehead atoms. The summed E-state index contributed by atoms with van der Waals surface area (Å²) in [6.45, 7) is 7.88. The van der Waals surface area contributed by atoms with Crippen LogP contribution in [0.4, 0.5) is 5.82 Å². The monoisotopic (exact) mass is 313 g/mol. The Hall–Kier alpha value is -1.68. The van der Waals surface area contributed by atoms with E-state index in [1.165, 1.54) is 0 Å². The first-order valence-corrected chi connectivity index (χ1v) is 8.43. The number of fused-ring (bicyclic) bond motifs is 1. The van der Waals surface area contributed by atoms with Crippen molar-refractivity contribution >= 4 is 5.82 Å². The predicted octanol–water partition coefficient (Wildman–Crippen LogP) is 0.462. The molecule has 0 radical (unpaired) electrons. The number of anilines is 1. The number of hydrogen-bond acceptors (Lipinski definition) is 6. The third-order valence-electron chi connectivity index (χ3n) is 5.25. The Bertz CT molecular complexity index is 627. The molecule has 1 aromatic heterocycles. The van der Waals surface area contributed by atoms with E-state index in [1.807, 2.05) is 6.07 Å². The number of rotatable bonds is 2. The molecule has 0 unspecified atom stereocenters. The third-order valence-corrected chi connectivity index (χ3v) is 5.25. The Morgan fingerprint density at radius 3 is 2.78 bits per heavy atom. The van der Waals surface area contributed by atoms with Gasteiger partial charge < -0.3 is 14.5 Å².